The van der Waals surface area contributed by atoms with E-state index in [1.807, 2.05) is 24.3 Å². The molecule has 0 heterocycles. The smallest absolute Gasteiger partial charge is 0.124 e. The maximum Gasteiger partial charge on any atom is 0.124 e. The van der Waals surface area contributed by atoms with Crippen molar-refractivity contribution in [1.29, 1.82) is 0 Å². The lowest BCUT2D eigenvalue weighted by atomic mass is 9.97. The van der Waals surface area contributed by atoms with Gasteiger partial charge in [0.15, 0.2) is 0 Å². The Bertz CT molecular complexity index is 554. The molecule has 0 saturated carbocycles. The average molecular weight is 270 g/mol. The Kier molecular flexibility index (Phi) is 5.16. The number of nitrogens with one attached hydrogen (secondary N) is 1. The Morgan fingerprint density at radius 3 is 2.65 bits per heavy atom. The van der Waals surface area contributed by atoms with Gasteiger partial charge < -0.3 is 4.74 Å². The quantitative estimate of drug-likeness (QED) is 0.625. The molecule has 0 aliphatic heterocycles. The minimum absolute atomic E-state index is 0.0667. The van der Waals surface area contributed by atoms with Crippen molar-refractivity contribution >= 4 is 0 Å². The van der Waals surface area contributed by atoms with Crippen molar-refractivity contribution in [2.45, 2.75) is 26.3 Å². The predicted octanol–water partition coefficient (Wildman–Crippen LogP) is 3.34. The summed E-state index contributed by atoms with van der Waals surface area (Å²) >= 11 is 0. The Balaban J connectivity index is 2.36. The van der Waals surface area contributed by atoms with Crippen LogP contribution in [-0.2, 0) is 0 Å². The number of ether oxygens (including phenoxy) is 1. The van der Waals surface area contributed by atoms with Gasteiger partial charge in [-0.2, -0.15) is 0 Å². The molecule has 0 amide bonds. The molecule has 1 atom stereocenters. The molecule has 2 aromatic carbocycles. The lowest BCUT2D eigenvalue weighted by Gasteiger charge is -2.20. The first kappa shape index (κ1) is 14.6. The van der Waals surface area contributed by atoms with E-state index in [1.165, 1.54) is 5.56 Å². The third kappa shape index (κ3) is 3.38. The van der Waals surface area contributed by atoms with Gasteiger partial charge in [-0.15, -0.1) is 0 Å². The lowest BCUT2D eigenvalue weighted by molar-refractivity contribution is 0.311. The highest BCUT2D eigenvalue weighted by Gasteiger charge is 2.16. The van der Waals surface area contributed by atoms with Gasteiger partial charge in [-0.1, -0.05) is 55.0 Å². The molecule has 0 aliphatic rings. The van der Waals surface area contributed by atoms with E-state index in [1.54, 1.807) is 0 Å². The minimum atomic E-state index is -0.0667. The summed E-state index contributed by atoms with van der Waals surface area (Å²) in [4.78, 5) is 0. The van der Waals surface area contributed by atoms with Crippen LogP contribution in [-0.4, -0.2) is 6.61 Å². The van der Waals surface area contributed by atoms with E-state index in [9.17, 15) is 0 Å². The Labute approximate surface area is 120 Å². The molecule has 0 spiro atoms. The summed E-state index contributed by atoms with van der Waals surface area (Å²) < 4.78 is 5.83. The monoisotopic (exact) mass is 270 g/mol. The van der Waals surface area contributed by atoms with Crippen LogP contribution in [0.1, 0.15) is 36.1 Å². The molecule has 0 bridgehead atoms. The number of aryl methyl sites for hydroxylation is 1. The Morgan fingerprint density at radius 2 is 1.95 bits per heavy atom. The van der Waals surface area contributed by atoms with Gasteiger partial charge >= 0.3 is 0 Å². The maximum absolute atomic E-state index is 5.83. The summed E-state index contributed by atoms with van der Waals surface area (Å²) in [5.41, 5.74) is 6.32. The van der Waals surface area contributed by atoms with E-state index in [4.69, 9.17) is 10.6 Å². The third-order valence-electron chi connectivity index (χ3n) is 3.23. The fourth-order valence-corrected chi connectivity index (χ4v) is 2.28. The van der Waals surface area contributed by atoms with Crippen LogP contribution in [0.2, 0.25) is 0 Å². The van der Waals surface area contributed by atoms with Crippen LogP contribution in [0.15, 0.2) is 48.5 Å². The van der Waals surface area contributed by atoms with Gasteiger partial charge in [-0.25, -0.2) is 5.43 Å². The number of hydrogen-bond donors (Lipinski definition) is 2. The number of hydrazine groups is 1. The van der Waals surface area contributed by atoms with Gasteiger partial charge in [0.05, 0.1) is 12.6 Å². The second-order valence-electron chi connectivity index (χ2n) is 4.90. The van der Waals surface area contributed by atoms with Gasteiger partial charge in [-0.3, -0.25) is 5.84 Å². The van der Waals surface area contributed by atoms with Crippen molar-refractivity contribution in [2.75, 3.05) is 6.61 Å². The van der Waals surface area contributed by atoms with Gasteiger partial charge in [0, 0.05) is 5.56 Å². The second-order valence-corrected chi connectivity index (χ2v) is 4.90. The number of rotatable bonds is 6. The van der Waals surface area contributed by atoms with Crippen molar-refractivity contribution < 1.29 is 4.74 Å². The molecular formula is C17H22N2O. The molecule has 0 radical (unpaired) electrons. The normalized spacial score (nSPS) is 12.2. The zero-order valence-electron chi connectivity index (χ0n) is 12.1. The van der Waals surface area contributed by atoms with Crippen LogP contribution >= 0.6 is 0 Å². The van der Waals surface area contributed by atoms with Crippen LogP contribution in [0.4, 0.5) is 0 Å². The van der Waals surface area contributed by atoms with Crippen molar-refractivity contribution in [3.63, 3.8) is 0 Å². The van der Waals surface area contributed by atoms with E-state index >= 15 is 0 Å². The van der Waals surface area contributed by atoms with Crippen LogP contribution < -0.4 is 16.0 Å². The van der Waals surface area contributed by atoms with Gasteiger partial charge in [0.1, 0.15) is 5.75 Å². The molecule has 2 aromatic rings. The number of benzene rings is 2. The molecule has 1 unspecified atom stereocenters. The first-order chi connectivity index (χ1) is 9.76. The first-order valence-electron chi connectivity index (χ1n) is 7.00. The Morgan fingerprint density at radius 1 is 1.15 bits per heavy atom. The van der Waals surface area contributed by atoms with Crippen LogP contribution in [0.5, 0.6) is 5.75 Å². The predicted molar refractivity (Wildman–Crippen MR) is 82.6 cm³/mol. The minimum Gasteiger partial charge on any atom is -0.493 e. The SMILES string of the molecule is CCCOc1ccccc1C(NN)c1cccc(C)c1. The Hall–Kier alpha value is -1.84. The topological polar surface area (TPSA) is 47.3 Å². The summed E-state index contributed by atoms with van der Waals surface area (Å²) in [7, 11) is 0. The number of hydrogen-bond acceptors (Lipinski definition) is 3. The highest BCUT2D eigenvalue weighted by atomic mass is 16.5. The molecule has 20 heavy (non-hydrogen) atoms. The molecular weight excluding hydrogens is 248 g/mol. The highest BCUT2D eigenvalue weighted by Crippen LogP contribution is 2.29. The molecule has 0 aliphatic carbocycles. The fourth-order valence-electron chi connectivity index (χ4n) is 2.28. The van der Waals surface area contributed by atoms with Crippen LogP contribution in [0.3, 0.4) is 0 Å². The van der Waals surface area contributed by atoms with Crippen molar-refractivity contribution in [1.82, 2.24) is 5.43 Å². The van der Waals surface area contributed by atoms with Crippen LogP contribution in [0, 0.1) is 6.92 Å². The van der Waals surface area contributed by atoms with E-state index in [-0.39, 0.29) is 6.04 Å². The first-order valence-corrected chi connectivity index (χ1v) is 7.00. The van der Waals surface area contributed by atoms with Gasteiger partial charge in [-0.05, 0) is 25.0 Å². The van der Waals surface area contributed by atoms with Crippen molar-refractivity contribution in [3.05, 3.63) is 65.2 Å². The summed E-state index contributed by atoms with van der Waals surface area (Å²) in [6.45, 7) is 4.89. The molecule has 0 aromatic heterocycles. The van der Waals surface area contributed by atoms with E-state index in [0.29, 0.717) is 6.61 Å². The van der Waals surface area contributed by atoms with Crippen LogP contribution in [0.25, 0.3) is 0 Å². The fraction of sp³-hybridized carbons (Fsp3) is 0.294. The van der Waals surface area contributed by atoms with E-state index in [2.05, 4.69) is 43.5 Å². The second kappa shape index (κ2) is 7.08. The molecule has 0 saturated heterocycles. The summed E-state index contributed by atoms with van der Waals surface area (Å²) in [6.07, 6.45) is 0.986. The van der Waals surface area contributed by atoms with E-state index < -0.39 is 0 Å². The van der Waals surface area contributed by atoms with Crippen molar-refractivity contribution in [3.8, 4) is 5.75 Å². The number of para-hydroxylation sites is 1. The molecule has 3 heteroatoms. The maximum atomic E-state index is 5.83. The van der Waals surface area contributed by atoms with Gasteiger partial charge in [0.2, 0.25) is 0 Å². The van der Waals surface area contributed by atoms with Gasteiger partial charge in [0.25, 0.3) is 0 Å². The standard InChI is InChI=1S/C17H22N2O/c1-3-11-20-16-10-5-4-9-15(16)17(19-18)14-8-6-7-13(2)12-14/h4-10,12,17,19H,3,11,18H2,1-2H3. The number of nitrogens with two attached hydrogens (primary N) is 1. The molecule has 106 valence electrons. The van der Waals surface area contributed by atoms with E-state index in [0.717, 1.165) is 23.3 Å². The zero-order chi connectivity index (χ0) is 14.4. The van der Waals surface area contributed by atoms with Crippen molar-refractivity contribution in [2.24, 2.45) is 5.84 Å². The summed E-state index contributed by atoms with van der Waals surface area (Å²) in [5.74, 6) is 6.67. The lowest BCUT2D eigenvalue weighted by Crippen LogP contribution is -2.29. The average Bonchev–Trinajstić information content (AvgIpc) is 2.47. The zero-order valence-corrected chi connectivity index (χ0v) is 12.1. The molecule has 2 rings (SSSR count). The molecule has 3 nitrogen and oxygen atoms in total. The summed E-state index contributed by atoms with van der Waals surface area (Å²) in [5, 5.41) is 0. The molecule has 3 N–H and O–H groups in total. The largest absolute Gasteiger partial charge is 0.493 e. The summed E-state index contributed by atoms with van der Waals surface area (Å²) in [6, 6.07) is 16.3. The highest BCUT2D eigenvalue weighted by molar-refractivity contribution is 5.42. The third-order valence-corrected chi connectivity index (χ3v) is 3.23. The molecule has 0 fully saturated rings.